The highest BCUT2D eigenvalue weighted by molar-refractivity contribution is 5.90. The van der Waals surface area contributed by atoms with Crippen LogP contribution in [0.5, 0.6) is 23.4 Å². The van der Waals surface area contributed by atoms with Crippen LogP contribution in [-0.4, -0.2) is 30.3 Å². The number of nitrogens with zero attached hydrogens (tertiary/aromatic N) is 2. The van der Waals surface area contributed by atoms with E-state index in [0.29, 0.717) is 28.1 Å². The molecule has 0 unspecified atom stereocenters. The molecule has 1 aliphatic carbocycles. The van der Waals surface area contributed by atoms with Gasteiger partial charge in [0.05, 0.1) is 20.3 Å². The largest absolute Gasteiger partial charge is 0.632 e. The topological polar surface area (TPSA) is 95.8 Å². The van der Waals surface area contributed by atoms with E-state index < -0.39 is 11.7 Å². The lowest BCUT2D eigenvalue weighted by Gasteiger charge is -2.18. The van der Waals surface area contributed by atoms with Gasteiger partial charge in [0.25, 0.3) is 5.91 Å². The van der Waals surface area contributed by atoms with Gasteiger partial charge in [-0.25, -0.2) is 4.39 Å². The molecular formula is C24H28FN3O5+2. The third-order valence-corrected chi connectivity index (χ3v) is 6.09. The number of carbonyl (C=O) groups is 1. The number of halogens is 1. The second-order valence-corrected chi connectivity index (χ2v) is 8.15. The quantitative estimate of drug-likeness (QED) is 0.495. The third-order valence-electron chi connectivity index (χ3n) is 6.09. The SMILES string of the molecule is COc1cc2c(O)[n+](C3CCCCC3)c(O)[n+](CC(=O)Nc3ccc(F)cc3)c2cc1OC. The van der Waals surface area contributed by atoms with Crippen LogP contribution in [0.25, 0.3) is 10.9 Å². The Balaban J connectivity index is 1.82. The van der Waals surface area contributed by atoms with E-state index in [2.05, 4.69) is 5.32 Å². The second-order valence-electron chi connectivity index (χ2n) is 8.15. The lowest BCUT2D eigenvalue weighted by molar-refractivity contribution is -0.830. The first-order chi connectivity index (χ1) is 15.9. The number of anilines is 1. The molecule has 1 fully saturated rings. The van der Waals surface area contributed by atoms with Gasteiger partial charge in [-0.2, -0.15) is 0 Å². The molecule has 0 saturated heterocycles. The zero-order valence-corrected chi connectivity index (χ0v) is 18.7. The molecule has 8 nitrogen and oxygen atoms in total. The minimum Gasteiger partial charge on any atom is -0.493 e. The Kier molecular flexibility index (Phi) is 6.48. The summed E-state index contributed by atoms with van der Waals surface area (Å²) in [4.78, 5) is 12.8. The normalized spacial score (nSPS) is 14.3. The van der Waals surface area contributed by atoms with E-state index in [-0.39, 0.29) is 24.5 Å². The van der Waals surface area contributed by atoms with Gasteiger partial charge in [-0.15, -0.1) is 0 Å². The number of carbonyl (C=O) groups excluding carboxylic acids is 1. The number of rotatable bonds is 6. The molecular weight excluding hydrogens is 429 g/mol. The number of amides is 1. The first-order valence-corrected chi connectivity index (χ1v) is 10.9. The summed E-state index contributed by atoms with van der Waals surface area (Å²) in [6, 6.07) is 8.36. The number of aromatic hydroxyl groups is 2. The third kappa shape index (κ3) is 4.48. The minimum absolute atomic E-state index is 0.0921. The first kappa shape index (κ1) is 22.6. The number of aromatic nitrogens is 2. The van der Waals surface area contributed by atoms with Crippen LogP contribution in [0.2, 0.25) is 0 Å². The molecule has 33 heavy (non-hydrogen) atoms. The highest BCUT2D eigenvalue weighted by Crippen LogP contribution is 2.36. The van der Waals surface area contributed by atoms with Crippen molar-refractivity contribution in [2.75, 3.05) is 19.5 Å². The number of ether oxygens (including phenoxy) is 2. The molecule has 1 saturated carbocycles. The van der Waals surface area contributed by atoms with Crippen LogP contribution >= 0.6 is 0 Å². The van der Waals surface area contributed by atoms with Crippen molar-refractivity contribution in [1.82, 2.24) is 0 Å². The van der Waals surface area contributed by atoms with Crippen LogP contribution in [-0.2, 0) is 11.3 Å². The Morgan fingerprint density at radius 2 is 1.70 bits per heavy atom. The van der Waals surface area contributed by atoms with Crippen LogP contribution in [0.1, 0.15) is 38.1 Å². The predicted molar refractivity (Wildman–Crippen MR) is 118 cm³/mol. The molecule has 0 aliphatic heterocycles. The maximum absolute atomic E-state index is 13.2. The molecule has 1 aromatic heterocycles. The summed E-state index contributed by atoms with van der Waals surface area (Å²) in [5.74, 6) is -0.0982. The Labute approximate surface area is 190 Å². The molecule has 1 amide bonds. The fourth-order valence-corrected chi connectivity index (χ4v) is 4.44. The smallest absolute Gasteiger partial charge is 0.493 e. The van der Waals surface area contributed by atoms with Gasteiger partial charge >= 0.3 is 11.9 Å². The maximum atomic E-state index is 13.2. The van der Waals surface area contributed by atoms with Gasteiger partial charge in [0.1, 0.15) is 5.82 Å². The molecule has 0 radical (unpaired) electrons. The van der Waals surface area contributed by atoms with E-state index in [4.69, 9.17) is 9.47 Å². The summed E-state index contributed by atoms with van der Waals surface area (Å²) < 4.78 is 26.9. The van der Waals surface area contributed by atoms with Crippen molar-refractivity contribution in [2.45, 2.75) is 44.7 Å². The molecule has 174 valence electrons. The average Bonchev–Trinajstić information content (AvgIpc) is 2.83. The monoisotopic (exact) mass is 457 g/mol. The van der Waals surface area contributed by atoms with E-state index in [1.165, 1.54) is 47.6 Å². The molecule has 0 bridgehead atoms. The Hall–Kier alpha value is -3.62. The summed E-state index contributed by atoms with van der Waals surface area (Å²) in [5.41, 5.74) is 0.841. The number of hydrogen-bond donors (Lipinski definition) is 3. The number of hydrogen-bond acceptors (Lipinski definition) is 5. The fourth-order valence-electron chi connectivity index (χ4n) is 4.44. The summed E-state index contributed by atoms with van der Waals surface area (Å²) >= 11 is 0. The molecule has 9 heteroatoms. The van der Waals surface area contributed by atoms with Crippen molar-refractivity contribution < 1.29 is 38.0 Å². The van der Waals surface area contributed by atoms with Gasteiger partial charge in [-0.3, -0.25) is 4.79 Å². The lowest BCUT2D eigenvalue weighted by atomic mass is 9.95. The van der Waals surface area contributed by atoms with Gasteiger partial charge in [0.15, 0.2) is 22.9 Å². The van der Waals surface area contributed by atoms with Crippen molar-refractivity contribution in [3.63, 3.8) is 0 Å². The van der Waals surface area contributed by atoms with E-state index >= 15 is 0 Å². The van der Waals surface area contributed by atoms with Crippen molar-refractivity contribution in [1.29, 1.82) is 0 Å². The first-order valence-electron chi connectivity index (χ1n) is 10.9. The maximum Gasteiger partial charge on any atom is 0.632 e. The molecule has 1 heterocycles. The number of fused-ring (bicyclic) bond motifs is 1. The highest BCUT2D eigenvalue weighted by Gasteiger charge is 2.40. The van der Waals surface area contributed by atoms with Gasteiger partial charge in [0.2, 0.25) is 12.1 Å². The van der Waals surface area contributed by atoms with Gasteiger partial charge in [-0.1, -0.05) is 15.6 Å². The molecule has 4 rings (SSSR count). The zero-order chi connectivity index (χ0) is 23.5. The van der Waals surface area contributed by atoms with E-state index in [0.717, 1.165) is 32.1 Å². The highest BCUT2D eigenvalue weighted by atomic mass is 19.1. The molecule has 1 aliphatic rings. The number of benzene rings is 2. The summed E-state index contributed by atoms with van der Waals surface area (Å²) in [6.07, 6.45) is 4.72. The molecule has 2 aromatic carbocycles. The van der Waals surface area contributed by atoms with Crippen molar-refractivity contribution in [2.24, 2.45) is 0 Å². The number of methoxy groups -OCH3 is 2. The molecule has 3 N–H and O–H groups in total. The zero-order valence-electron chi connectivity index (χ0n) is 18.7. The second kappa shape index (κ2) is 9.48. The molecule has 0 atom stereocenters. The Morgan fingerprint density at radius 1 is 1.06 bits per heavy atom. The minimum atomic E-state index is -0.418. The van der Waals surface area contributed by atoms with Gasteiger partial charge in [0, 0.05) is 24.6 Å². The van der Waals surface area contributed by atoms with E-state index in [9.17, 15) is 19.4 Å². The van der Waals surface area contributed by atoms with Gasteiger partial charge < -0.3 is 25.0 Å². The fraction of sp³-hybridized carbons (Fsp3) is 0.375. The van der Waals surface area contributed by atoms with Crippen LogP contribution in [0.3, 0.4) is 0 Å². The van der Waals surface area contributed by atoms with Gasteiger partial charge in [-0.05, 0) is 37.1 Å². The van der Waals surface area contributed by atoms with Crippen LogP contribution < -0.4 is 23.9 Å². The van der Waals surface area contributed by atoms with E-state index in [1.807, 2.05) is 0 Å². The molecule has 0 spiro atoms. The van der Waals surface area contributed by atoms with Crippen molar-refractivity contribution in [3.8, 4) is 23.4 Å². The van der Waals surface area contributed by atoms with Crippen LogP contribution in [0, 0.1) is 5.82 Å². The summed E-state index contributed by atoms with van der Waals surface area (Å²) in [7, 11) is 2.99. The van der Waals surface area contributed by atoms with E-state index in [1.54, 1.807) is 12.1 Å². The van der Waals surface area contributed by atoms with Crippen LogP contribution in [0.4, 0.5) is 10.1 Å². The van der Waals surface area contributed by atoms with Crippen molar-refractivity contribution in [3.05, 3.63) is 42.2 Å². The predicted octanol–water partition coefficient (Wildman–Crippen LogP) is 3.13. The number of nitrogens with one attached hydrogen (secondary N) is 1. The molecule has 3 aromatic rings. The Morgan fingerprint density at radius 3 is 2.33 bits per heavy atom. The Bertz CT molecular complexity index is 1180. The summed E-state index contributed by atoms with van der Waals surface area (Å²) in [6.45, 7) is -0.234. The average molecular weight is 458 g/mol. The lowest BCUT2D eigenvalue weighted by Crippen LogP contribution is -2.53. The standard InChI is InChI=1S/C24H26FN3O5/c1-32-20-12-18-19(13-21(20)33-2)27(14-22(29)26-16-10-8-15(25)9-11-16)24(31)28(23(18)30)17-6-4-3-5-7-17/h8-13,17H,3-7,14H2,1-2H3,(H,26,29)/p+2. The summed E-state index contributed by atoms with van der Waals surface area (Å²) in [5, 5.41) is 25.5. The van der Waals surface area contributed by atoms with Crippen LogP contribution in [0.15, 0.2) is 36.4 Å². The van der Waals surface area contributed by atoms with Crippen molar-refractivity contribution >= 4 is 22.5 Å².